The number of nitrogens with one attached hydrogen (secondary N) is 3. The Morgan fingerprint density at radius 3 is 2.30 bits per heavy atom. The van der Waals surface area contributed by atoms with Gasteiger partial charge in [-0.25, -0.2) is 8.78 Å². The van der Waals surface area contributed by atoms with Gasteiger partial charge in [-0.2, -0.15) is 0 Å². The summed E-state index contributed by atoms with van der Waals surface area (Å²) in [7, 11) is 4.99. The highest BCUT2D eigenvalue weighted by Crippen LogP contribution is 2.29. The van der Waals surface area contributed by atoms with E-state index in [1.54, 1.807) is 14.2 Å². The Hall–Kier alpha value is -3.20. The minimum Gasteiger partial charge on any atom is -0.493 e. The summed E-state index contributed by atoms with van der Waals surface area (Å²) in [4.78, 5) is 24.9. The van der Waals surface area contributed by atoms with Gasteiger partial charge in [0.2, 0.25) is 5.91 Å². The molecule has 2 rings (SSSR count). The van der Waals surface area contributed by atoms with Crippen LogP contribution in [0.4, 0.5) is 14.5 Å². The highest BCUT2D eigenvalue weighted by atomic mass is 19.2. The maximum absolute atomic E-state index is 13.2. The minimum atomic E-state index is -1.06. The largest absolute Gasteiger partial charge is 0.493 e. The number of halogens is 2. The maximum Gasteiger partial charge on any atom is 0.275 e. The molecule has 0 aliphatic carbocycles. The Kier molecular flexibility index (Phi) is 8.11. The van der Waals surface area contributed by atoms with Gasteiger partial charge in [-0.3, -0.25) is 9.59 Å². The van der Waals surface area contributed by atoms with Crippen LogP contribution in [0.2, 0.25) is 0 Å². The summed E-state index contributed by atoms with van der Waals surface area (Å²) >= 11 is 0. The van der Waals surface area contributed by atoms with Crippen molar-refractivity contribution in [2.24, 2.45) is 0 Å². The van der Waals surface area contributed by atoms with E-state index in [9.17, 15) is 18.4 Å². The van der Waals surface area contributed by atoms with Crippen molar-refractivity contribution in [3.63, 3.8) is 0 Å². The molecule has 2 aromatic carbocycles. The van der Waals surface area contributed by atoms with E-state index in [1.165, 1.54) is 6.07 Å². The number of aryl methyl sites for hydroxylation is 1. The Balaban J connectivity index is 1.84. The molecule has 2 aromatic rings. The number of anilines is 1. The molecule has 0 fully saturated rings. The van der Waals surface area contributed by atoms with Crippen LogP contribution < -0.4 is 25.0 Å². The van der Waals surface area contributed by atoms with Gasteiger partial charge in [0.05, 0.1) is 27.8 Å². The van der Waals surface area contributed by atoms with Gasteiger partial charge >= 0.3 is 0 Å². The quantitative estimate of drug-likeness (QED) is 0.565. The van der Waals surface area contributed by atoms with E-state index in [4.69, 9.17) is 9.47 Å². The lowest BCUT2D eigenvalue weighted by molar-refractivity contribution is -0.885. The van der Waals surface area contributed by atoms with E-state index in [-0.39, 0.29) is 24.7 Å². The van der Waals surface area contributed by atoms with Crippen LogP contribution >= 0.6 is 0 Å². The molecule has 0 radical (unpaired) electrons. The molecule has 0 spiro atoms. The smallest absolute Gasteiger partial charge is 0.275 e. The van der Waals surface area contributed by atoms with Crippen LogP contribution in [0.3, 0.4) is 0 Å². The SMILES string of the molecule is COc1cc(C)c(C[NH+](C)CC(=O)NCC(=O)Nc2ccc(F)c(F)c2)cc1OC. The maximum atomic E-state index is 13.2. The molecule has 0 aliphatic heterocycles. The number of carbonyl (C=O) groups excluding carboxylic acids is 2. The standard InChI is InChI=1S/C21H25F2N3O4/c1-13-7-18(29-3)19(30-4)8-14(13)11-26(2)12-21(28)24-10-20(27)25-15-5-6-16(22)17(23)9-15/h5-9H,10-12H2,1-4H3,(H,24,28)(H,25,27)/p+1. The van der Waals surface area contributed by atoms with Crippen molar-refractivity contribution >= 4 is 17.5 Å². The topological polar surface area (TPSA) is 81.1 Å². The van der Waals surface area contributed by atoms with Gasteiger partial charge in [0, 0.05) is 17.3 Å². The number of quaternary nitrogens is 1. The summed E-state index contributed by atoms with van der Waals surface area (Å²) in [5.41, 5.74) is 2.13. The van der Waals surface area contributed by atoms with E-state index < -0.39 is 17.5 Å². The number of ether oxygens (including phenoxy) is 2. The summed E-state index contributed by atoms with van der Waals surface area (Å²) in [5, 5.41) is 4.91. The average Bonchev–Trinajstić information content (AvgIpc) is 2.70. The summed E-state index contributed by atoms with van der Waals surface area (Å²) in [6.07, 6.45) is 0. The first kappa shape index (κ1) is 23.1. The van der Waals surface area contributed by atoms with E-state index >= 15 is 0 Å². The van der Waals surface area contributed by atoms with Crippen molar-refractivity contribution in [1.82, 2.24) is 5.32 Å². The zero-order valence-corrected chi connectivity index (χ0v) is 17.4. The second-order valence-corrected chi connectivity index (χ2v) is 6.90. The molecule has 0 saturated heterocycles. The van der Waals surface area contributed by atoms with Crippen molar-refractivity contribution in [3.8, 4) is 11.5 Å². The molecule has 3 N–H and O–H groups in total. The molecular weight excluding hydrogens is 396 g/mol. The second-order valence-electron chi connectivity index (χ2n) is 6.90. The second kappa shape index (κ2) is 10.5. The zero-order valence-electron chi connectivity index (χ0n) is 17.4. The van der Waals surface area contributed by atoms with Gasteiger partial charge in [-0.1, -0.05) is 0 Å². The van der Waals surface area contributed by atoms with Crippen LogP contribution in [0.25, 0.3) is 0 Å². The van der Waals surface area contributed by atoms with E-state index in [0.717, 1.165) is 28.2 Å². The molecule has 1 unspecified atom stereocenters. The lowest BCUT2D eigenvalue weighted by atomic mass is 10.1. The molecule has 2 amide bonds. The van der Waals surface area contributed by atoms with Gasteiger partial charge in [0.25, 0.3) is 5.91 Å². The minimum absolute atomic E-state index is 0.111. The van der Waals surface area contributed by atoms with Gasteiger partial charge in [-0.15, -0.1) is 0 Å². The molecule has 30 heavy (non-hydrogen) atoms. The third kappa shape index (κ3) is 6.41. The normalized spacial score (nSPS) is 11.5. The fourth-order valence-corrected chi connectivity index (χ4v) is 2.90. The number of hydrogen-bond acceptors (Lipinski definition) is 4. The van der Waals surface area contributed by atoms with Crippen molar-refractivity contribution in [3.05, 3.63) is 53.1 Å². The van der Waals surface area contributed by atoms with E-state index in [0.29, 0.717) is 18.0 Å². The molecule has 162 valence electrons. The number of carbonyl (C=O) groups is 2. The van der Waals surface area contributed by atoms with Crippen LogP contribution in [0.5, 0.6) is 11.5 Å². The van der Waals surface area contributed by atoms with Gasteiger partial charge < -0.3 is 25.0 Å². The third-order valence-electron chi connectivity index (χ3n) is 4.45. The molecule has 1 atom stereocenters. The van der Waals surface area contributed by atoms with Gasteiger partial charge in [0.1, 0.15) is 6.54 Å². The van der Waals surface area contributed by atoms with E-state index in [2.05, 4.69) is 10.6 Å². The molecule has 9 heteroatoms. The van der Waals surface area contributed by atoms with Gasteiger partial charge in [0.15, 0.2) is 29.7 Å². The lowest BCUT2D eigenvalue weighted by Gasteiger charge is -2.17. The molecule has 0 bridgehead atoms. The van der Waals surface area contributed by atoms with Crippen molar-refractivity contribution in [1.29, 1.82) is 0 Å². The summed E-state index contributed by atoms with van der Waals surface area (Å²) < 4.78 is 36.7. The number of benzene rings is 2. The fraction of sp³-hybridized carbons (Fsp3) is 0.333. The highest BCUT2D eigenvalue weighted by molar-refractivity contribution is 5.94. The molecule has 0 saturated carbocycles. The third-order valence-corrected chi connectivity index (χ3v) is 4.45. The number of hydrogen-bond donors (Lipinski definition) is 3. The molecule has 0 heterocycles. The van der Waals surface area contributed by atoms with Crippen molar-refractivity contribution in [2.75, 3.05) is 39.7 Å². The van der Waals surface area contributed by atoms with Crippen LogP contribution in [-0.4, -0.2) is 46.2 Å². The first-order chi connectivity index (χ1) is 14.2. The molecule has 7 nitrogen and oxygen atoms in total. The Morgan fingerprint density at radius 1 is 1.00 bits per heavy atom. The van der Waals surface area contributed by atoms with E-state index in [1.807, 2.05) is 26.1 Å². The fourth-order valence-electron chi connectivity index (χ4n) is 2.90. The molecule has 0 aromatic heterocycles. The first-order valence-electron chi connectivity index (χ1n) is 9.28. The highest BCUT2D eigenvalue weighted by Gasteiger charge is 2.16. The predicted octanol–water partition coefficient (Wildman–Crippen LogP) is 1.06. The van der Waals surface area contributed by atoms with Crippen molar-refractivity contribution in [2.45, 2.75) is 13.5 Å². The van der Waals surface area contributed by atoms with Crippen molar-refractivity contribution < 1.29 is 32.7 Å². The lowest BCUT2D eigenvalue weighted by Crippen LogP contribution is -3.09. The number of likely N-dealkylation sites (N-methyl/N-ethyl adjacent to an activating group) is 1. The van der Waals surface area contributed by atoms with Crippen LogP contribution in [0.15, 0.2) is 30.3 Å². The average molecular weight is 422 g/mol. The van der Waals surface area contributed by atoms with Crippen LogP contribution in [0.1, 0.15) is 11.1 Å². The number of rotatable bonds is 9. The Labute approximate surface area is 174 Å². The first-order valence-corrected chi connectivity index (χ1v) is 9.28. The van der Waals surface area contributed by atoms with Crippen LogP contribution in [0, 0.1) is 18.6 Å². The monoisotopic (exact) mass is 422 g/mol. The summed E-state index contributed by atoms with van der Waals surface area (Å²) in [6, 6.07) is 6.78. The Bertz CT molecular complexity index is 921. The Morgan fingerprint density at radius 2 is 1.67 bits per heavy atom. The summed E-state index contributed by atoms with van der Waals surface area (Å²) in [6.45, 7) is 2.39. The molecular formula is C21H26F2N3O4+. The number of methoxy groups -OCH3 is 2. The van der Waals surface area contributed by atoms with Gasteiger partial charge in [-0.05, 0) is 36.8 Å². The summed E-state index contributed by atoms with van der Waals surface area (Å²) in [5.74, 6) is -1.66. The predicted molar refractivity (Wildman–Crippen MR) is 108 cm³/mol. The van der Waals surface area contributed by atoms with Crippen LogP contribution in [-0.2, 0) is 16.1 Å². The number of amides is 2. The molecule has 0 aliphatic rings. The zero-order chi connectivity index (χ0) is 22.3.